The summed E-state index contributed by atoms with van der Waals surface area (Å²) in [5, 5.41) is 9.24. The van der Waals surface area contributed by atoms with Crippen LogP contribution in [0.1, 0.15) is 20.7 Å². The van der Waals surface area contributed by atoms with Crippen LogP contribution in [0.2, 0.25) is 0 Å². The average Bonchev–Trinajstić information content (AvgIpc) is 2.46. The first kappa shape index (κ1) is 13.4. The van der Waals surface area contributed by atoms with Crippen molar-refractivity contribution < 1.29 is 14.7 Å². The molecule has 0 spiro atoms. The molecule has 0 radical (unpaired) electrons. The van der Waals surface area contributed by atoms with Crippen molar-refractivity contribution in [2.45, 2.75) is 0 Å². The molecule has 1 N–H and O–H groups in total. The van der Waals surface area contributed by atoms with Gasteiger partial charge in [-0.2, -0.15) is 0 Å². The van der Waals surface area contributed by atoms with Gasteiger partial charge in [-0.3, -0.25) is 9.59 Å². The largest absolute Gasteiger partial charge is 0.507 e. The highest BCUT2D eigenvalue weighted by Gasteiger charge is 2.13. The van der Waals surface area contributed by atoms with Crippen LogP contribution < -0.4 is 0 Å². The van der Waals surface area contributed by atoms with E-state index in [0.29, 0.717) is 5.56 Å². The third kappa shape index (κ3) is 3.45. The number of benzene rings is 2. The highest BCUT2D eigenvalue weighted by atomic mass is 32.2. The topological polar surface area (TPSA) is 54.4 Å². The van der Waals surface area contributed by atoms with E-state index in [0.717, 1.165) is 11.8 Å². The minimum atomic E-state index is -0.303. The maximum absolute atomic E-state index is 11.9. The summed E-state index contributed by atoms with van der Waals surface area (Å²) >= 11 is 0.898. The van der Waals surface area contributed by atoms with Gasteiger partial charge in [0.05, 0.1) is 11.3 Å². The van der Waals surface area contributed by atoms with E-state index < -0.39 is 0 Å². The van der Waals surface area contributed by atoms with Crippen LogP contribution in [0.15, 0.2) is 54.6 Å². The Balaban J connectivity index is 1.98. The van der Waals surface area contributed by atoms with E-state index in [4.69, 9.17) is 0 Å². The molecule has 0 aliphatic rings. The molecule has 3 nitrogen and oxygen atoms in total. The maximum Gasteiger partial charge on any atom is 0.223 e. The number of phenolic OH excluding ortho intramolecular Hbond substituents is 1. The van der Waals surface area contributed by atoms with E-state index in [1.807, 2.05) is 6.07 Å². The Morgan fingerprint density at radius 2 is 1.58 bits per heavy atom. The van der Waals surface area contributed by atoms with E-state index in [2.05, 4.69) is 0 Å². The van der Waals surface area contributed by atoms with Gasteiger partial charge in [-0.15, -0.1) is 0 Å². The molecule has 0 saturated heterocycles. The third-order valence-corrected chi connectivity index (χ3v) is 3.44. The van der Waals surface area contributed by atoms with Crippen molar-refractivity contribution in [1.82, 2.24) is 0 Å². The molecule has 19 heavy (non-hydrogen) atoms. The van der Waals surface area contributed by atoms with Crippen LogP contribution in [0.5, 0.6) is 5.75 Å². The second kappa shape index (κ2) is 6.20. The summed E-state index contributed by atoms with van der Waals surface area (Å²) < 4.78 is 0. The molecule has 0 amide bonds. The summed E-state index contributed by atoms with van der Waals surface area (Å²) in [6.45, 7) is 0. The molecule has 0 unspecified atom stereocenters. The lowest BCUT2D eigenvalue weighted by molar-refractivity contribution is 0.101. The second-order valence-electron chi connectivity index (χ2n) is 3.88. The lowest BCUT2D eigenvalue weighted by Gasteiger charge is -2.03. The van der Waals surface area contributed by atoms with Crippen LogP contribution in [0.25, 0.3) is 0 Å². The fourth-order valence-electron chi connectivity index (χ4n) is 1.56. The van der Waals surface area contributed by atoms with Crippen LogP contribution in [-0.2, 0) is 0 Å². The molecule has 2 aromatic carbocycles. The molecule has 0 fully saturated rings. The Morgan fingerprint density at radius 3 is 2.26 bits per heavy atom. The molecule has 0 atom stereocenters. The van der Waals surface area contributed by atoms with E-state index in [1.165, 1.54) is 12.1 Å². The molecule has 0 heterocycles. The van der Waals surface area contributed by atoms with Gasteiger partial charge in [0, 0.05) is 5.56 Å². The fraction of sp³-hybridized carbons (Fsp3) is 0.0667. The van der Waals surface area contributed by atoms with Crippen molar-refractivity contribution in [3.8, 4) is 5.75 Å². The minimum absolute atomic E-state index is 0.0628. The first-order valence-corrected chi connectivity index (χ1v) is 6.70. The zero-order valence-corrected chi connectivity index (χ0v) is 10.9. The number of phenols is 1. The summed E-state index contributed by atoms with van der Waals surface area (Å²) in [6.07, 6.45) is 0. The summed E-state index contributed by atoms with van der Waals surface area (Å²) in [4.78, 5) is 23.7. The molecule has 2 rings (SSSR count). The first-order valence-electron chi connectivity index (χ1n) is 5.72. The summed E-state index contributed by atoms with van der Waals surface area (Å²) in [6, 6.07) is 15.1. The lowest BCUT2D eigenvalue weighted by atomic mass is 10.2. The zero-order valence-electron chi connectivity index (χ0n) is 10.1. The number of hydrogen-bond donors (Lipinski definition) is 1. The van der Waals surface area contributed by atoms with Crippen LogP contribution in [0.4, 0.5) is 0 Å². The fourth-order valence-corrected chi connectivity index (χ4v) is 2.32. The SMILES string of the molecule is O=C(CSC(=O)c1ccccc1O)c1ccccc1. The van der Waals surface area contributed by atoms with Crippen molar-refractivity contribution >= 4 is 22.7 Å². The number of thioether (sulfide) groups is 1. The third-order valence-electron chi connectivity index (χ3n) is 2.55. The number of ketones is 1. The monoisotopic (exact) mass is 272 g/mol. The Labute approximate surface area is 115 Å². The van der Waals surface area contributed by atoms with Crippen LogP contribution in [0.3, 0.4) is 0 Å². The van der Waals surface area contributed by atoms with Gasteiger partial charge in [0.15, 0.2) is 5.78 Å². The van der Waals surface area contributed by atoms with Gasteiger partial charge >= 0.3 is 0 Å². The Bertz CT molecular complexity index is 593. The molecule has 0 aliphatic heterocycles. The molecule has 0 saturated carbocycles. The number of carbonyl (C=O) groups excluding carboxylic acids is 2. The van der Waals surface area contributed by atoms with Crippen molar-refractivity contribution in [1.29, 1.82) is 0 Å². The molecular weight excluding hydrogens is 260 g/mol. The maximum atomic E-state index is 11.9. The van der Waals surface area contributed by atoms with Gasteiger partial charge in [0.25, 0.3) is 0 Å². The van der Waals surface area contributed by atoms with Gasteiger partial charge in [-0.25, -0.2) is 0 Å². The van der Waals surface area contributed by atoms with Gasteiger partial charge in [0.2, 0.25) is 5.12 Å². The summed E-state index contributed by atoms with van der Waals surface area (Å²) in [5.74, 6) is -0.0986. The highest BCUT2D eigenvalue weighted by molar-refractivity contribution is 8.14. The van der Waals surface area contributed by atoms with Crippen LogP contribution in [0, 0.1) is 0 Å². The highest BCUT2D eigenvalue weighted by Crippen LogP contribution is 2.22. The van der Waals surface area contributed by atoms with Crippen molar-refractivity contribution in [3.63, 3.8) is 0 Å². The number of carbonyl (C=O) groups is 2. The lowest BCUT2D eigenvalue weighted by Crippen LogP contribution is -2.05. The van der Waals surface area contributed by atoms with Gasteiger partial charge in [-0.1, -0.05) is 54.2 Å². The number of Topliss-reactive ketones (excluding diaryl/α,β-unsaturated/α-hetero) is 1. The quantitative estimate of drug-likeness (QED) is 0.869. The molecule has 96 valence electrons. The molecule has 0 bridgehead atoms. The Morgan fingerprint density at radius 1 is 0.947 bits per heavy atom. The minimum Gasteiger partial charge on any atom is -0.507 e. The standard InChI is InChI=1S/C15H12O3S/c16-13-9-5-4-8-12(13)15(18)19-10-14(17)11-6-2-1-3-7-11/h1-9,16H,10H2. The molecular formula is C15H12O3S. The molecule has 4 heteroatoms. The predicted octanol–water partition coefficient (Wildman–Crippen LogP) is 3.15. The van der Waals surface area contributed by atoms with Crippen molar-refractivity contribution in [3.05, 3.63) is 65.7 Å². The second-order valence-corrected chi connectivity index (χ2v) is 4.83. The summed E-state index contributed by atoms with van der Waals surface area (Å²) in [7, 11) is 0. The van der Waals surface area contributed by atoms with E-state index in [-0.39, 0.29) is 28.0 Å². The Hall–Kier alpha value is -2.07. The normalized spacial score (nSPS) is 10.1. The van der Waals surface area contributed by atoms with Crippen molar-refractivity contribution in [2.24, 2.45) is 0 Å². The van der Waals surface area contributed by atoms with Crippen LogP contribution >= 0.6 is 11.8 Å². The Kier molecular flexibility index (Phi) is 4.36. The molecule has 0 aliphatic carbocycles. The number of rotatable bonds is 4. The zero-order chi connectivity index (χ0) is 13.7. The molecule has 2 aromatic rings. The number of para-hydroxylation sites is 1. The smallest absolute Gasteiger partial charge is 0.223 e. The van der Waals surface area contributed by atoms with Gasteiger partial charge in [-0.05, 0) is 12.1 Å². The van der Waals surface area contributed by atoms with Crippen LogP contribution in [-0.4, -0.2) is 21.8 Å². The summed E-state index contributed by atoms with van der Waals surface area (Å²) in [5.41, 5.74) is 0.813. The van der Waals surface area contributed by atoms with E-state index >= 15 is 0 Å². The first-order chi connectivity index (χ1) is 9.18. The molecule has 0 aromatic heterocycles. The number of hydrogen-bond acceptors (Lipinski definition) is 4. The van der Waals surface area contributed by atoms with E-state index in [1.54, 1.807) is 36.4 Å². The number of aromatic hydroxyl groups is 1. The van der Waals surface area contributed by atoms with Crippen molar-refractivity contribution in [2.75, 3.05) is 5.75 Å². The van der Waals surface area contributed by atoms with Gasteiger partial charge < -0.3 is 5.11 Å². The van der Waals surface area contributed by atoms with E-state index in [9.17, 15) is 14.7 Å². The average molecular weight is 272 g/mol. The van der Waals surface area contributed by atoms with Gasteiger partial charge in [0.1, 0.15) is 5.75 Å². The predicted molar refractivity (Wildman–Crippen MR) is 75.7 cm³/mol.